The Labute approximate surface area is 220 Å². The number of methoxy groups -OCH3 is 3. The molecule has 0 unspecified atom stereocenters. The van der Waals surface area contributed by atoms with Gasteiger partial charge in [0.05, 0.1) is 38.6 Å². The molecule has 0 saturated carbocycles. The number of nitrogens with zero attached hydrogens (tertiary/aromatic N) is 2. The molecule has 2 N–H and O–H groups in total. The van der Waals surface area contributed by atoms with Gasteiger partial charge in [0.15, 0.2) is 5.13 Å². The van der Waals surface area contributed by atoms with Crippen molar-refractivity contribution in [2.24, 2.45) is 5.92 Å². The maximum atomic E-state index is 13.5. The average Bonchev–Trinajstić information content (AvgIpc) is 3.42. The number of amides is 1. The van der Waals surface area contributed by atoms with Crippen LogP contribution in [0.1, 0.15) is 12.8 Å². The Bertz CT molecular complexity index is 1380. The molecule has 37 heavy (non-hydrogen) atoms. The predicted octanol–water partition coefficient (Wildman–Crippen LogP) is 3.92. The maximum absolute atomic E-state index is 13.5. The molecule has 1 fully saturated rings. The summed E-state index contributed by atoms with van der Waals surface area (Å²) < 4.78 is 44.3. The molecular weight excluding hydrogens is 516 g/mol. The topological polar surface area (TPSA) is 119 Å². The molecule has 1 aliphatic rings. The summed E-state index contributed by atoms with van der Waals surface area (Å²) in [4.78, 5) is 17.8. The van der Waals surface area contributed by atoms with Crippen LogP contribution in [0.5, 0.6) is 17.2 Å². The zero-order chi connectivity index (χ0) is 26.6. The summed E-state index contributed by atoms with van der Waals surface area (Å²) >= 11 is 1.48. The quantitative estimate of drug-likeness (QED) is 0.415. The number of anilines is 2. The lowest BCUT2D eigenvalue weighted by Crippen LogP contribution is -2.43. The first-order chi connectivity index (χ1) is 17.8. The number of sulfonamides is 1. The summed E-state index contributed by atoms with van der Waals surface area (Å²) in [5, 5.41) is 8.67. The lowest BCUT2D eigenvalue weighted by atomic mass is 9.98. The van der Waals surface area contributed by atoms with Crippen molar-refractivity contribution in [3.8, 4) is 28.5 Å². The Morgan fingerprint density at radius 2 is 1.84 bits per heavy atom. The summed E-state index contributed by atoms with van der Waals surface area (Å²) in [5.74, 6) is 0.311. The number of piperidine rings is 1. The van der Waals surface area contributed by atoms with Crippen molar-refractivity contribution in [1.82, 2.24) is 9.29 Å². The van der Waals surface area contributed by atoms with Crippen LogP contribution in [-0.2, 0) is 14.8 Å². The van der Waals surface area contributed by atoms with Crippen LogP contribution in [0, 0.1) is 5.92 Å². The molecule has 2 heterocycles. The van der Waals surface area contributed by atoms with Crippen molar-refractivity contribution in [3.05, 3.63) is 41.8 Å². The van der Waals surface area contributed by atoms with Crippen molar-refractivity contribution < 1.29 is 27.4 Å². The number of ether oxygens (including phenoxy) is 3. The minimum atomic E-state index is -3.92. The highest BCUT2D eigenvalue weighted by atomic mass is 32.2. The molecule has 0 radical (unpaired) electrons. The monoisotopic (exact) mass is 546 g/mol. The van der Waals surface area contributed by atoms with E-state index in [9.17, 15) is 13.2 Å². The number of benzene rings is 2. The van der Waals surface area contributed by atoms with Crippen molar-refractivity contribution in [3.63, 3.8) is 0 Å². The molecule has 3 aromatic rings. The van der Waals surface area contributed by atoms with E-state index < -0.39 is 15.9 Å². The molecule has 1 amide bonds. The van der Waals surface area contributed by atoms with Gasteiger partial charge in [0.25, 0.3) is 0 Å². The first-order valence-corrected chi connectivity index (χ1v) is 14.0. The highest BCUT2D eigenvalue weighted by Crippen LogP contribution is 2.35. The maximum Gasteiger partial charge on any atom is 0.246 e. The van der Waals surface area contributed by atoms with Gasteiger partial charge in [0, 0.05) is 37.1 Å². The molecule has 0 aliphatic carbocycles. The van der Waals surface area contributed by atoms with Crippen LogP contribution in [-0.4, -0.2) is 65.1 Å². The molecule has 1 atom stereocenters. The number of aromatic nitrogens is 1. The smallest absolute Gasteiger partial charge is 0.246 e. The van der Waals surface area contributed by atoms with E-state index in [-0.39, 0.29) is 23.1 Å². The summed E-state index contributed by atoms with van der Waals surface area (Å²) in [6.07, 6.45) is 1.11. The molecule has 0 spiro atoms. The molecule has 4 rings (SSSR count). The molecule has 1 aromatic heterocycles. The van der Waals surface area contributed by atoms with Gasteiger partial charge in [-0.05, 0) is 43.2 Å². The number of carbonyl (C=O) groups excluding carboxylic acids is 1. The van der Waals surface area contributed by atoms with E-state index in [0.29, 0.717) is 36.6 Å². The third-order valence-corrected chi connectivity index (χ3v) is 8.96. The van der Waals surface area contributed by atoms with Crippen molar-refractivity contribution >= 4 is 38.1 Å². The Morgan fingerprint density at radius 3 is 2.51 bits per heavy atom. The molecular formula is C25H30N4O6S2. The number of nitrogens with one attached hydrogen (secondary N) is 2. The third-order valence-electron chi connectivity index (χ3n) is 6.21. The van der Waals surface area contributed by atoms with E-state index in [1.807, 2.05) is 17.5 Å². The molecule has 0 bridgehead atoms. The van der Waals surface area contributed by atoms with Crippen molar-refractivity contribution in [1.29, 1.82) is 0 Å². The summed E-state index contributed by atoms with van der Waals surface area (Å²) in [6, 6.07) is 10.1. The number of thiazole rings is 1. The molecule has 1 saturated heterocycles. The van der Waals surface area contributed by atoms with Crippen LogP contribution in [0.15, 0.2) is 46.7 Å². The summed E-state index contributed by atoms with van der Waals surface area (Å²) in [6.45, 7) is 0.358. The molecule has 198 valence electrons. The number of rotatable bonds is 9. The second-order valence-corrected chi connectivity index (χ2v) is 11.2. The summed E-state index contributed by atoms with van der Waals surface area (Å²) in [5.41, 5.74) is 2.10. The van der Waals surface area contributed by atoms with Gasteiger partial charge in [-0.25, -0.2) is 13.4 Å². The first kappa shape index (κ1) is 26.7. The largest absolute Gasteiger partial charge is 0.497 e. The minimum absolute atomic E-state index is 0.00831. The van der Waals surface area contributed by atoms with E-state index in [0.717, 1.165) is 16.4 Å². The van der Waals surface area contributed by atoms with Crippen LogP contribution < -0.4 is 24.8 Å². The fourth-order valence-electron chi connectivity index (χ4n) is 4.22. The molecule has 2 aromatic carbocycles. The van der Waals surface area contributed by atoms with Gasteiger partial charge in [0.1, 0.15) is 22.1 Å². The Hall–Kier alpha value is -3.35. The van der Waals surface area contributed by atoms with Gasteiger partial charge in [0.2, 0.25) is 15.9 Å². The zero-order valence-corrected chi connectivity index (χ0v) is 22.7. The third kappa shape index (κ3) is 5.65. The summed E-state index contributed by atoms with van der Waals surface area (Å²) in [7, 11) is 2.30. The molecule has 12 heteroatoms. The lowest BCUT2D eigenvalue weighted by molar-refractivity contribution is -0.120. The van der Waals surface area contributed by atoms with Gasteiger partial charge < -0.3 is 24.8 Å². The zero-order valence-electron chi connectivity index (χ0n) is 21.1. The highest BCUT2D eigenvalue weighted by Gasteiger charge is 2.35. The average molecular weight is 547 g/mol. The van der Waals surface area contributed by atoms with Gasteiger partial charge >= 0.3 is 0 Å². The van der Waals surface area contributed by atoms with E-state index in [1.165, 1.54) is 43.0 Å². The van der Waals surface area contributed by atoms with Crippen LogP contribution >= 0.6 is 11.3 Å². The second kappa shape index (κ2) is 11.4. The SMILES string of the molecule is CNc1nc(-c2ccc(OC)c(NC(=O)[C@H]3CCCN(S(=O)(=O)c4cc(OC)ccc4OC)C3)c2)cs1. The fraction of sp³-hybridized carbons (Fsp3) is 0.360. The van der Waals surface area contributed by atoms with E-state index in [2.05, 4.69) is 15.6 Å². The van der Waals surface area contributed by atoms with Gasteiger partial charge in [-0.1, -0.05) is 0 Å². The number of carbonyl (C=O) groups is 1. The fourth-order valence-corrected chi connectivity index (χ4v) is 6.60. The van der Waals surface area contributed by atoms with Crippen molar-refractivity contribution in [2.45, 2.75) is 17.7 Å². The highest BCUT2D eigenvalue weighted by molar-refractivity contribution is 7.89. The van der Waals surface area contributed by atoms with Crippen LogP contribution in [0.4, 0.5) is 10.8 Å². The Kier molecular flexibility index (Phi) is 8.20. The van der Waals surface area contributed by atoms with Gasteiger partial charge in [-0.15, -0.1) is 11.3 Å². The standard InChI is InChI=1S/C25H30N4O6S2/c1-26-25-28-20(15-36-25)16-7-9-21(34-3)19(12-16)27-24(30)17-6-5-11-29(14-17)37(31,32)23-13-18(33-2)8-10-22(23)35-4/h7-10,12-13,15,17H,5-6,11,14H2,1-4H3,(H,26,28)(H,27,30)/t17-/m0/s1. The minimum Gasteiger partial charge on any atom is -0.497 e. The number of hydrogen-bond donors (Lipinski definition) is 2. The van der Waals surface area contributed by atoms with E-state index in [4.69, 9.17) is 14.2 Å². The number of hydrogen-bond acceptors (Lipinski definition) is 9. The predicted molar refractivity (Wildman–Crippen MR) is 143 cm³/mol. The lowest BCUT2D eigenvalue weighted by Gasteiger charge is -2.31. The van der Waals surface area contributed by atoms with Gasteiger partial charge in [-0.2, -0.15) is 4.31 Å². The molecule has 1 aliphatic heterocycles. The van der Waals surface area contributed by atoms with E-state index >= 15 is 0 Å². The van der Waals surface area contributed by atoms with Crippen LogP contribution in [0.3, 0.4) is 0 Å². The van der Waals surface area contributed by atoms with Crippen LogP contribution in [0.2, 0.25) is 0 Å². The van der Waals surface area contributed by atoms with E-state index in [1.54, 1.807) is 25.2 Å². The Balaban J connectivity index is 1.55. The first-order valence-electron chi connectivity index (χ1n) is 11.7. The Morgan fingerprint density at radius 1 is 1.08 bits per heavy atom. The van der Waals surface area contributed by atoms with Crippen LogP contribution in [0.25, 0.3) is 11.3 Å². The second-order valence-electron chi connectivity index (χ2n) is 8.41. The van der Waals surface area contributed by atoms with Gasteiger partial charge in [-0.3, -0.25) is 4.79 Å². The molecule has 10 nitrogen and oxygen atoms in total. The van der Waals surface area contributed by atoms with Crippen molar-refractivity contribution in [2.75, 3.05) is 52.1 Å². The normalized spacial score (nSPS) is 16.2.